The molecule has 0 radical (unpaired) electrons. The normalized spacial score (nSPS) is 10.1. The molecule has 1 aromatic heterocycles. The Bertz CT molecular complexity index is 2080. The standard InChI is InChI=1S/C14H18N4O2.C10H14O3.C10H14O2.C9H10O3.CH3.Mg.H/c1-8(2)12-9(19-3)5-4-6-10(12)20-11-7-17-14(16)18-13(11)15;1-10(2,12)9-7(11)5-4-6-8(9)13-3;1-7(2)10-8(11)5-4-6-9(10)12-3;1-6(10)9-7(11)4-3-5-8(9)12-2;;;/h4-8H,1-3H3,(H4,15,16,17,18);4-6,11-12H,1-3H3;4-7,11H,1-3H3;3-5,11H,1-2H3;1H3;;/q;;;;-1;+2;-1. The number of phenols is 3. The van der Waals surface area contributed by atoms with E-state index < -0.39 is 5.60 Å². The number of nitrogens with zero attached hydrogens (tertiary/aromatic N) is 2. The Kier molecular flexibility index (Phi) is 22.6. The molecule has 0 bridgehead atoms. The number of aromatic hydroxyl groups is 3. The van der Waals surface area contributed by atoms with Crippen LogP contribution in [0, 0.1) is 7.43 Å². The molecule has 0 saturated carbocycles. The first kappa shape index (κ1) is 53.4. The molecule has 15 heteroatoms. The molecule has 0 fully saturated rings. The van der Waals surface area contributed by atoms with E-state index in [2.05, 4.69) is 23.8 Å². The van der Waals surface area contributed by atoms with Crippen LogP contribution >= 0.6 is 0 Å². The molecule has 14 nitrogen and oxygen atoms in total. The number of anilines is 2. The van der Waals surface area contributed by atoms with Crippen molar-refractivity contribution in [3.8, 4) is 51.7 Å². The van der Waals surface area contributed by atoms with Crippen molar-refractivity contribution in [3.63, 3.8) is 0 Å². The fourth-order valence-electron chi connectivity index (χ4n) is 5.59. The van der Waals surface area contributed by atoms with Crippen molar-refractivity contribution in [2.75, 3.05) is 39.9 Å². The van der Waals surface area contributed by atoms with E-state index in [0.29, 0.717) is 34.3 Å². The maximum atomic E-state index is 11.0. The molecule has 0 saturated heterocycles. The zero-order valence-electron chi connectivity index (χ0n) is 37.2. The number of hydrogen-bond acceptors (Lipinski definition) is 14. The second-order valence-electron chi connectivity index (χ2n) is 13.5. The zero-order chi connectivity index (χ0) is 43.0. The van der Waals surface area contributed by atoms with E-state index in [1.165, 1.54) is 39.5 Å². The molecule has 5 aromatic rings. The van der Waals surface area contributed by atoms with Crippen molar-refractivity contribution in [2.24, 2.45) is 0 Å². The van der Waals surface area contributed by atoms with Gasteiger partial charge in [-0.1, -0.05) is 52.0 Å². The number of benzene rings is 4. The van der Waals surface area contributed by atoms with Gasteiger partial charge in [-0.25, -0.2) is 4.98 Å². The fraction of sp³-hybridized carbons (Fsp3) is 0.318. The maximum Gasteiger partial charge on any atom is 2.00 e. The Morgan fingerprint density at radius 3 is 1.49 bits per heavy atom. The first-order valence-electron chi connectivity index (χ1n) is 17.9. The van der Waals surface area contributed by atoms with Crippen molar-refractivity contribution in [3.05, 3.63) is 109 Å². The Morgan fingerprint density at radius 2 is 1.08 bits per heavy atom. The molecule has 59 heavy (non-hydrogen) atoms. The number of methoxy groups -OCH3 is 4. The summed E-state index contributed by atoms with van der Waals surface area (Å²) in [6.07, 6.45) is 1.46. The van der Waals surface area contributed by atoms with Crippen LogP contribution in [-0.2, 0) is 5.60 Å². The summed E-state index contributed by atoms with van der Waals surface area (Å²) in [6.45, 7) is 12.8. The van der Waals surface area contributed by atoms with E-state index in [4.69, 9.17) is 35.2 Å². The smallest absolute Gasteiger partial charge is 1.00 e. The molecular formula is C44H60MgN4O10. The van der Waals surface area contributed by atoms with E-state index in [0.717, 1.165) is 22.6 Å². The summed E-state index contributed by atoms with van der Waals surface area (Å²) in [5.41, 5.74) is 12.6. The fourth-order valence-corrected chi connectivity index (χ4v) is 5.59. The molecular weight excluding hydrogens is 769 g/mol. The maximum absolute atomic E-state index is 11.0. The van der Waals surface area contributed by atoms with Gasteiger partial charge in [0.1, 0.15) is 51.6 Å². The van der Waals surface area contributed by atoms with Crippen LogP contribution in [0.2, 0.25) is 0 Å². The van der Waals surface area contributed by atoms with Gasteiger partial charge < -0.3 is 64.4 Å². The third-order valence-corrected chi connectivity index (χ3v) is 8.10. The van der Waals surface area contributed by atoms with Gasteiger partial charge in [-0.2, -0.15) is 4.98 Å². The number of ether oxygens (including phenoxy) is 5. The first-order valence-corrected chi connectivity index (χ1v) is 17.9. The zero-order valence-corrected chi connectivity index (χ0v) is 37.6. The molecule has 0 aliphatic rings. The molecule has 0 atom stereocenters. The quantitative estimate of drug-likeness (QED) is 0.0441. The SMILES string of the molecule is COc1cccc(O)c1C(C)(C)O.COc1cccc(O)c1C(C)=O.COc1cccc(O)c1C(C)C.COc1cccc(Oc2cnc(N)nc2N)c1C(C)C.[CH3-].[H-].[Mg+2]. The van der Waals surface area contributed by atoms with Gasteiger partial charge in [-0.05, 0) is 81.1 Å². The number of nitrogen functional groups attached to an aromatic ring is 2. The summed E-state index contributed by atoms with van der Waals surface area (Å²) in [4.78, 5) is 18.8. The number of carbonyl (C=O) groups excluding carboxylic acids is 1. The van der Waals surface area contributed by atoms with Crippen LogP contribution in [0.1, 0.15) is 88.8 Å². The predicted octanol–water partition coefficient (Wildman–Crippen LogP) is 8.50. The van der Waals surface area contributed by atoms with Gasteiger partial charge in [-0.3, -0.25) is 4.79 Å². The first-order chi connectivity index (χ1) is 26.8. The minimum absolute atomic E-state index is 0. The molecule has 0 amide bonds. The molecule has 0 aliphatic heterocycles. The van der Waals surface area contributed by atoms with Crippen molar-refractivity contribution >= 4 is 40.6 Å². The van der Waals surface area contributed by atoms with Gasteiger partial charge >= 0.3 is 23.1 Å². The minimum atomic E-state index is -1.10. The predicted molar refractivity (Wildman–Crippen MR) is 235 cm³/mol. The average Bonchev–Trinajstić information content (AvgIpc) is 3.15. The number of aliphatic hydroxyl groups is 1. The summed E-state index contributed by atoms with van der Waals surface area (Å²) in [5.74, 6) is 4.40. The minimum Gasteiger partial charge on any atom is -1.00 e. The topological polar surface area (TPSA) is 222 Å². The van der Waals surface area contributed by atoms with Gasteiger partial charge in [0, 0.05) is 11.1 Å². The van der Waals surface area contributed by atoms with Gasteiger partial charge in [0.05, 0.1) is 45.8 Å². The number of rotatable bonds is 10. The van der Waals surface area contributed by atoms with E-state index in [9.17, 15) is 25.2 Å². The van der Waals surface area contributed by atoms with Crippen LogP contribution in [-0.4, -0.2) is 87.7 Å². The van der Waals surface area contributed by atoms with Gasteiger partial charge in [0.2, 0.25) is 5.95 Å². The second-order valence-corrected chi connectivity index (χ2v) is 13.5. The van der Waals surface area contributed by atoms with Crippen molar-refractivity contribution < 1.29 is 50.3 Å². The third-order valence-electron chi connectivity index (χ3n) is 8.10. The average molecular weight is 829 g/mol. The van der Waals surface area contributed by atoms with Crippen molar-refractivity contribution in [1.29, 1.82) is 0 Å². The Balaban J connectivity index is 0. The Hall–Kier alpha value is -5.64. The van der Waals surface area contributed by atoms with Gasteiger partial charge in [0.15, 0.2) is 17.4 Å². The number of phenolic OH excluding ortho intramolecular Hbond substituents is 3. The van der Waals surface area contributed by atoms with Crippen LogP contribution in [0.25, 0.3) is 0 Å². The van der Waals surface area contributed by atoms with E-state index in [-0.39, 0.29) is 78.4 Å². The summed E-state index contributed by atoms with van der Waals surface area (Å²) in [7, 11) is 6.21. The summed E-state index contributed by atoms with van der Waals surface area (Å²) < 4.78 is 26.3. The van der Waals surface area contributed by atoms with Gasteiger partial charge in [0.25, 0.3) is 0 Å². The molecule has 5 rings (SSSR count). The van der Waals surface area contributed by atoms with Crippen LogP contribution < -0.4 is 35.2 Å². The van der Waals surface area contributed by atoms with Crippen LogP contribution in [0.15, 0.2) is 79.0 Å². The molecule has 0 spiro atoms. The molecule has 0 aliphatic carbocycles. The summed E-state index contributed by atoms with van der Waals surface area (Å²) in [5, 5.41) is 38.1. The number of aromatic nitrogens is 2. The van der Waals surface area contributed by atoms with E-state index in [1.807, 2.05) is 38.1 Å². The number of nitrogens with two attached hydrogens (primary N) is 2. The van der Waals surface area contributed by atoms with Crippen LogP contribution in [0.4, 0.5) is 11.8 Å². The third kappa shape index (κ3) is 15.2. The molecule has 8 N–H and O–H groups in total. The molecule has 318 valence electrons. The number of hydrogen-bond donors (Lipinski definition) is 6. The van der Waals surface area contributed by atoms with Gasteiger partial charge in [-0.15, -0.1) is 0 Å². The monoisotopic (exact) mass is 828 g/mol. The molecule has 4 aromatic carbocycles. The Morgan fingerprint density at radius 1 is 0.661 bits per heavy atom. The summed E-state index contributed by atoms with van der Waals surface area (Å²) in [6, 6.07) is 20.5. The van der Waals surface area contributed by atoms with Crippen molar-refractivity contribution in [1.82, 2.24) is 9.97 Å². The number of Topliss-reactive ketones (excluding diaryl/α,β-unsaturated/α-hetero) is 1. The summed E-state index contributed by atoms with van der Waals surface area (Å²) >= 11 is 0. The number of carbonyl (C=O) groups is 1. The largest absolute Gasteiger partial charge is 2.00 e. The van der Waals surface area contributed by atoms with Crippen molar-refractivity contribution in [2.45, 2.75) is 65.9 Å². The molecule has 1 heterocycles. The van der Waals surface area contributed by atoms with E-state index >= 15 is 0 Å². The van der Waals surface area contributed by atoms with Crippen LogP contribution in [0.5, 0.6) is 51.7 Å². The Labute approximate surface area is 365 Å². The number of ketones is 1. The molecule has 0 unspecified atom stereocenters. The second kappa shape index (κ2) is 25.0. The van der Waals surface area contributed by atoms with E-state index in [1.54, 1.807) is 64.5 Å². The van der Waals surface area contributed by atoms with Crippen LogP contribution in [0.3, 0.4) is 0 Å².